The van der Waals surface area contributed by atoms with Crippen LogP contribution in [-0.4, -0.2) is 36.2 Å². The molecule has 6 heteroatoms. The summed E-state index contributed by atoms with van der Waals surface area (Å²) in [6.45, 7) is 11.2. The fourth-order valence-corrected chi connectivity index (χ4v) is 3.74. The first-order valence-electron chi connectivity index (χ1n) is 9.39. The van der Waals surface area contributed by atoms with Gasteiger partial charge in [0.05, 0.1) is 0 Å². The smallest absolute Gasteiger partial charge is 0.124 e. The van der Waals surface area contributed by atoms with Crippen LogP contribution in [0.2, 0.25) is 0 Å². The Kier molecular flexibility index (Phi) is 9.58. The van der Waals surface area contributed by atoms with Crippen molar-refractivity contribution in [1.29, 1.82) is 0 Å². The first-order valence-corrected chi connectivity index (χ1v) is 9.39. The Morgan fingerprint density at radius 3 is 2.25 bits per heavy atom. The standard InChI is InChI=1S/C22H30N2O2.2ClH/c1-22(2,3)21(24-13-11-23-12-14-24)19-10-9-18(15-20(19)25)26-16-17-7-5-4-6-8-17;;/h4-10,15,21,23,25H,11-14,16H2,1-3H3;2*1H/t21-;;/m1../s1. The highest BCUT2D eigenvalue weighted by Gasteiger charge is 2.34. The summed E-state index contributed by atoms with van der Waals surface area (Å²) < 4.78 is 5.86. The highest BCUT2D eigenvalue weighted by molar-refractivity contribution is 5.85. The highest BCUT2D eigenvalue weighted by atomic mass is 35.5. The Bertz CT molecular complexity index is 714. The third kappa shape index (κ3) is 6.28. The van der Waals surface area contributed by atoms with Crippen LogP contribution in [0.15, 0.2) is 48.5 Å². The number of halogens is 2. The van der Waals surface area contributed by atoms with Crippen LogP contribution in [0.25, 0.3) is 0 Å². The number of ether oxygens (including phenoxy) is 1. The van der Waals surface area contributed by atoms with Gasteiger partial charge >= 0.3 is 0 Å². The van der Waals surface area contributed by atoms with Gasteiger partial charge in [0.2, 0.25) is 0 Å². The lowest BCUT2D eigenvalue weighted by Gasteiger charge is -2.42. The molecule has 1 saturated heterocycles. The minimum atomic E-state index is 0. The van der Waals surface area contributed by atoms with E-state index in [2.05, 4.69) is 31.0 Å². The van der Waals surface area contributed by atoms with Crippen molar-refractivity contribution >= 4 is 24.8 Å². The van der Waals surface area contributed by atoms with Crippen molar-refractivity contribution in [2.45, 2.75) is 33.4 Å². The van der Waals surface area contributed by atoms with E-state index in [9.17, 15) is 5.11 Å². The van der Waals surface area contributed by atoms with Gasteiger partial charge in [-0.2, -0.15) is 0 Å². The molecule has 2 aromatic rings. The maximum atomic E-state index is 10.7. The fourth-order valence-electron chi connectivity index (χ4n) is 3.74. The van der Waals surface area contributed by atoms with Crippen LogP contribution in [0.1, 0.15) is 37.9 Å². The van der Waals surface area contributed by atoms with Crippen LogP contribution >= 0.6 is 24.8 Å². The summed E-state index contributed by atoms with van der Waals surface area (Å²) in [5.74, 6) is 1.01. The second-order valence-corrected chi connectivity index (χ2v) is 8.05. The third-order valence-electron chi connectivity index (χ3n) is 4.88. The molecule has 0 bridgehead atoms. The maximum absolute atomic E-state index is 10.7. The van der Waals surface area contributed by atoms with Gasteiger partial charge < -0.3 is 15.2 Å². The van der Waals surface area contributed by atoms with E-state index >= 15 is 0 Å². The van der Waals surface area contributed by atoms with Gasteiger partial charge in [0.1, 0.15) is 18.1 Å². The zero-order valence-corrected chi connectivity index (χ0v) is 18.5. The van der Waals surface area contributed by atoms with Crippen molar-refractivity contribution in [2.75, 3.05) is 26.2 Å². The molecule has 0 spiro atoms. The second-order valence-electron chi connectivity index (χ2n) is 8.05. The minimum absolute atomic E-state index is 0. The summed E-state index contributed by atoms with van der Waals surface area (Å²) in [5, 5.41) is 14.1. The van der Waals surface area contributed by atoms with Gasteiger partial charge in [-0.05, 0) is 17.0 Å². The molecule has 0 aliphatic carbocycles. The molecule has 1 heterocycles. The molecule has 0 amide bonds. The summed E-state index contributed by atoms with van der Waals surface area (Å²) in [6, 6.07) is 16.0. The highest BCUT2D eigenvalue weighted by Crippen LogP contribution is 2.42. The summed E-state index contributed by atoms with van der Waals surface area (Å²) in [6.07, 6.45) is 0. The maximum Gasteiger partial charge on any atom is 0.124 e. The zero-order valence-electron chi connectivity index (χ0n) is 16.9. The van der Waals surface area contributed by atoms with Crippen LogP contribution in [-0.2, 0) is 6.61 Å². The third-order valence-corrected chi connectivity index (χ3v) is 4.88. The Labute approximate surface area is 181 Å². The minimum Gasteiger partial charge on any atom is -0.507 e. The van der Waals surface area contributed by atoms with E-state index < -0.39 is 0 Å². The predicted molar refractivity (Wildman–Crippen MR) is 120 cm³/mol. The lowest BCUT2D eigenvalue weighted by molar-refractivity contribution is 0.0841. The molecule has 28 heavy (non-hydrogen) atoms. The van der Waals surface area contributed by atoms with Crippen LogP contribution in [0.5, 0.6) is 11.5 Å². The average molecular weight is 427 g/mol. The molecule has 3 rings (SSSR count). The number of benzene rings is 2. The number of nitrogens with one attached hydrogen (secondary N) is 1. The SMILES string of the molecule is CC(C)(C)[C@@H](c1ccc(OCc2ccccc2)cc1O)N1CCNCC1.Cl.Cl. The van der Waals surface area contributed by atoms with Gasteiger partial charge in [0.15, 0.2) is 0 Å². The van der Waals surface area contributed by atoms with Crippen molar-refractivity contribution in [3.63, 3.8) is 0 Å². The van der Waals surface area contributed by atoms with E-state index in [-0.39, 0.29) is 36.3 Å². The summed E-state index contributed by atoms with van der Waals surface area (Å²) in [7, 11) is 0. The lowest BCUT2D eigenvalue weighted by atomic mass is 9.80. The Morgan fingerprint density at radius 2 is 1.68 bits per heavy atom. The summed E-state index contributed by atoms with van der Waals surface area (Å²) in [4.78, 5) is 2.47. The van der Waals surface area contributed by atoms with Crippen molar-refractivity contribution in [3.05, 3.63) is 59.7 Å². The van der Waals surface area contributed by atoms with Gasteiger partial charge in [-0.25, -0.2) is 0 Å². The van der Waals surface area contributed by atoms with Crippen molar-refractivity contribution in [2.24, 2.45) is 5.41 Å². The number of aromatic hydroxyl groups is 1. The zero-order chi connectivity index (χ0) is 18.6. The number of nitrogens with zero attached hydrogens (tertiary/aromatic N) is 1. The van der Waals surface area contributed by atoms with Crippen molar-refractivity contribution in [3.8, 4) is 11.5 Å². The number of piperazine rings is 1. The summed E-state index contributed by atoms with van der Waals surface area (Å²) in [5.41, 5.74) is 2.12. The molecule has 1 atom stereocenters. The van der Waals surface area contributed by atoms with E-state index in [0.717, 1.165) is 37.3 Å². The van der Waals surface area contributed by atoms with Gasteiger partial charge in [0.25, 0.3) is 0 Å². The van der Waals surface area contributed by atoms with Gasteiger partial charge in [-0.3, -0.25) is 4.90 Å². The second kappa shape index (κ2) is 10.9. The van der Waals surface area contributed by atoms with Crippen LogP contribution in [0.3, 0.4) is 0 Å². The Balaban J connectivity index is 0.00000196. The summed E-state index contributed by atoms with van der Waals surface area (Å²) >= 11 is 0. The molecule has 156 valence electrons. The quantitative estimate of drug-likeness (QED) is 0.719. The number of rotatable bonds is 5. The largest absolute Gasteiger partial charge is 0.507 e. The first-order chi connectivity index (χ1) is 12.4. The van der Waals surface area contributed by atoms with Crippen LogP contribution < -0.4 is 10.1 Å². The van der Waals surface area contributed by atoms with Crippen LogP contribution in [0.4, 0.5) is 0 Å². The molecule has 1 aliphatic rings. The molecule has 0 radical (unpaired) electrons. The molecule has 0 unspecified atom stereocenters. The Morgan fingerprint density at radius 1 is 1.04 bits per heavy atom. The van der Waals surface area contributed by atoms with E-state index in [1.807, 2.05) is 42.5 Å². The van der Waals surface area contributed by atoms with E-state index in [4.69, 9.17) is 4.74 Å². The number of hydrogen-bond donors (Lipinski definition) is 2. The molecule has 2 N–H and O–H groups in total. The molecule has 1 aliphatic heterocycles. The predicted octanol–water partition coefficient (Wildman–Crippen LogP) is 4.81. The normalized spacial score (nSPS) is 15.8. The number of hydrogen-bond acceptors (Lipinski definition) is 4. The first kappa shape index (κ1) is 24.6. The fraction of sp³-hybridized carbons (Fsp3) is 0.455. The van der Waals surface area contributed by atoms with E-state index in [1.54, 1.807) is 6.07 Å². The topological polar surface area (TPSA) is 44.7 Å². The molecule has 1 fully saturated rings. The number of phenolic OH excluding ortho intramolecular Hbond substituents is 1. The Hall–Kier alpha value is -1.46. The van der Waals surface area contributed by atoms with Crippen molar-refractivity contribution < 1.29 is 9.84 Å². The molecular weight excluding hydrogens is 395 g/mol. The lowest BCUT2D eigenvalue weighted by Crippen LogP contribution is -2.48. The molecule has 4 nitrogen and oxygen atoms in total. The molecule has 2 aromatic carbocycles. The van der Waals surface area contributed by atoms with Gasteiger partial charge in [0, 0.05) is 43.9 Å². The molecule has 0 aromatic heterocycles. The van der Waals surface area contributed by atoms with E-state index in [1.165, 1.54) is 0 Å². The number of phenols is 1. The van der Waals surface area contributed by atoms with E-state index in [0.29, 0.717) is 18.1 Å². The average Bonchev–Trinajstić information content (AvgIpc) is 2.62. The molecular formula is C22H32Cl2N2O2. The van der Waals surface area contributed by atoms with Gasteiger partial charge in [-0.1, -0.05) is 57.2 Å². The molecule has 0 saturated carbocycles. The van der Waals surface area contributed by atoms with Crippen molar-refractivity contribution in [1.82, 2.24) is 10.2 Å². The van der Waals surface area contributed by atoms with Gasteiger partial charge in [-0.15, -0.1) is 24.8 Å². The monoisotopic (exact) mass is 426 g/mol. The van der Waals surface area contributed by atoms with Crippen LogP contribution in [0, 0.1) is 5.41 Å².